The number of amides is 1. The molecule has 0 radical (unpaired) electrons. The third kappa shape index (κ3) is 3.69. The molecule has 21 heavy (non-hydrogen) atoms. The van der Waals surface area contributed by atoms with Crippen molar-refractivity contribution in [2.45, 2.75) is 4.90 Å². The summed E-state index contributed by atoms with van der Waals surface area (Å²) in [6, 6.07) is 12.8. The topological polar surface area (TPSA) is 80.5 Å². The van der Waals surface area contributed by atoms with Crippen LogP contribution in [0, 0.1) is 0 Å². The van der Waals surface area contributed by atoms with E-state index < -0.39 is 10.0 Å². The number of benzene rings is 2. The van der Waals surface area contributed by atoms with Crippen molar-refractivity contribution in [3.63, 3.8) is 0 Å². The first-order valence-corrected chi connectivity index (χ1v) is 8.29. The van der Waals surface area contributed by atoms with Crippen molar-refractivity contribution in [2.24, 2.45) is 5.14 Å². The highest BCUT2D eigenvalue weighted by atomic mass is 79.9. The molecule has 0 spiro atoms. The maximum Gasteiger partial charge on any atom is 0.258 e. The Hall–Kier alpha value is -1.70. The van der Waals surface area contributed by atoms with Crippen molar-refractivity contribution in [1.29, 1.82) is 0 Å². The summed E-state index contributed by atoms with van der Waals surface area (Å²) in [7, 11) is -2.11. The minimum atomic E-state index is -3.73. The van der Waals surface area contributed by atoms with Gasteiger partial charge in [0.2, 0.25) is 10.0 Å². The summed E-state index contributed by atoms with van der Waals surface area (Å²) in [4.78, 5) is 13.8. The highest BCUT2D eigenvalue weighted by Gasteiger charge is 2.15. The van der Waals surface area contributed by atoms with Crippen LogP contribution in [0.1, 0.15) is 10.4 Å². The lowest BCUT2D eigenvalue weighted by molar-refractivity contribution is 0.0993. The summed E-state index contributed by atoms with van der Waals surface area (Å²) in [5, 5.41) is 5.04. The minimum Gasteiger partial charge on any atom is -0.311 e. The second kappa shape index (κ2) is 5.97. The summed E-state index contributed by atoms with van der Waals surface area (Å²) < 4.78 is 23.2. The van der Waals surface area contributed by atoms with Crippen LogP contribution in [-0.2, 0) is 10.0 Å². The summed E-state index contributed by atoms with van der Waals surface area (Å²) in [6.07, 6.45) is 0. The molecule has 1 amide bonds. The van der Waals surface area contributed by atoms with Gasteiger partial charge in [0.1, 0.15) is 0 Å². The Morgan fingerprint density at radius 2 is 1.76 bits per heavy atom. The van der Waals surface area contributed by atoms with E-state index in [0.29, 0.717) is 11.3 Å². The molecular formula is C14H13BrN2O3S. The van der Waals surface area contributed by atoms with Crippen LogP contribution < -0.4 is 10.0 Å². The monoisotopic (exact) mass is 368 g/mol. The molecule has 0 saturated carbocycles. The maximum atomic E-state index is 12.3. The Bertz CT molecular complexity index is 773. The van der Waals surface area contributed by atoms with Gasteiger partial charge in [-0.05, 0) is 42.5 Å². The lowest BCUT2D eigenvalue weighted by Crippen LogP contribution is -2.26. The van der Waals surface area contributed by atoms with Crippen LogP contribution in [0.2, 0.25) is 0 Å². The predicted octanol–water partition coefficient (Wildman–Crippen LogP) is 2.37. The first-order chi connectivity index (χ1) is 9.79. The van der Waals surface area contributed by atoms with Gasteiger partial charge in [0.05, 0.1) is 4.90 Å². The van der Waals surface area contributed by atoms with Gasteiger partial charge in [0.25, 0.3) is 5.91 Å². The van der Waals surface area contributed by atoms with E-state index in [4.69, 9.17) is 5.14 Å². The van der Waals surface area contributed by atoms with Gasteiger partial charge >= 0.3 is 0 Å². The van der Waals surface area contributed by atoms with E-state index in [1.807, 2.05) is 6.07 Å². The number of carbonyl (C=O) groups is 1. The molecule has 0 aliphatic rings. The van der Waals surface area contributed by atoms with Crippen molar-refractivity contribution in [3.05, 3.63) is 58.6 Å². The Morgan fingerprint density at radius 3 is 2.29 bits per heavy atom. The van der Waals surface area contributed by atoms with Gasteiger partial charge < -0.3 is 4.90 Å². The van der Waals surface area contributed by atoms with E-state index in [1.165, 1.54) is 29.2 Å². The molecule has 0 bridgehead atoms. The SMILES string of the molecule is CN(C(=O)c1cccc(Br)c1)c1ccc(S(N)(=O)=O)cc1. The molecule has 110 valence electrons. The van der Waals surface area contributed by atoms with Gasteiger partial charge in [-0.3, -0.25) is 4.79 Å². The zero-order chi connectivity index (χ0) is 15.6. The van der Waals surface area contributed by atoms with Crippen LogP contribution in [0.4, 0.5) is 5.69 Å². The maximum absolute atomic E-state index is 12.3. The van der Waals surface area contributed by atoms with Crippen LogP contribution in [-0.4, -0.2) is 21.4 Å². The highest BCUT2D eigenvalue weighted by Crippen LogP contribution is 2.19. The molecule has 2 aromatic rings. The summed E-state index contributed by atoms with van der Waals surface area (Å²) >= 11 is 3.32. The Kier molecular flexibility index (Phi) is 4.46. The zero-order valence-corrected chi connectivity index (χ0v) is 13.6. The molecule has 2 aromatic carbocycles. The van der Waals surface area contributed by atoms with Crippen LogP contribution in [0.5, 0.6) is 0 Å². The van der Waals surface area contributed by atoms with Crippen LogP contribution >= 0.6 is 15.9 Å². The van der Waals surface area contributed by atoms with Gasteiger partial charge in [0.15, 0.2) is 0 Å². The molecule has 7 heteroatoms. The summed E-state index contributed by atoms with van der Waals surface area (Å²) in [6.45, 7) is 0. The molecule has 0 atom stereocenters. The van der Waals surface area contributed by atoms with Gasteiger partial charge in [0, 0.05) is 22.8 Å². The van der Waals surface area contributed by atoms with Crippen molar-refractivity contribution in [2.75, 3.05) is 11.9 Å². The predicted molar refractivity (Wildman–Crippen MR) is 84.7 cm³/mol. The van der Waals surface area contributed by atoms with Crippen molar-refractivity contribution >= 4 is 37.5 Å². The van der Waals surface area contributed by atoms with E-state index >= 15 is 0 Å². The largest absolute Gasteiger partial charge is 0.311 e. The number of hydrogen-bond acceptors (Lipinski definition) is 3. The quantitative estimate of drug-likeness (QED) is 0.902. The molecule has 0 unspecified atom stereocenters. The van der Waals surface area contributed by atoms with Crippen molar-refractivity contribution in [1.82, 2.24) is 0 Å². The number of nitrogens with zero attached hydrogens (tertiary/aromatic N) is 1. The highest BCUT2D eigenvalue weighted by molar-refractivity contribution is 9.10. The Morgan fingerprint density at radius 1 is 1.14 bits per heavy atom. The zero-order valence-electron chi connectivity index (χ0n) is 11.2. The number of anilines is 1. The van der Waals surface area contributed by atoms with E-state index in [-0.39, 0.29) is 10.8 Å². The second-order valence-electron chi connectivity index (χ2n) is 4.41. The molecule has 2 rings (SSSR count). The second-order valence-corrected chi connectivity index (χ2v) is 6.89. The number of carbonyl (C=O) groups excluding carboxylic acids is 1. The molecule has 5 nitrogen and oxygen atoms in total. The van der Waals surface area contributed by atoms with E-state index in [0.717, 1.165) is 4.47 Å². The molecule has 0 heterocycles. The Labute approximate surface area is 131 Å². The number of hydrogen-bond donors (Lipinski definition) is 1. The Balaban J connectivity index is 2.28. The van der Waals surface area contributed by atoms with Crippen LogP contribution in [0.3, 0.4) is 0 Å². The number of primary sulfonamides is 1. The fourth-order valence-corrected chi connectivity index (χ4v) is 2.71. The summed E-state index contributed by atoms with van der Waals surface area (Å²) in [5.41, 5.74) is 1.11. The first-order valence-electron chi connectivity index (χ1n) is 5.95. The first kappa shape index (κ1) is 15.7. The number of rotatable bonds is 3. The third-order valence-corrected chi connectivity index (χ3v) is 4.35. The number of halogens is 1. The van der Waals surface area contributed by atoms with Crippen LogP contribution in [0.15, 0.2) is 57.9 Å². The van der Waals surface area contributed by atoms with Gasteiger partial charge in [-0.1, -0.05) is 22.0 Å². The van der Waals surface area contributed by atoms with E-state index in [9.17, 15) is 13.2 Å². The fourth-order valence-electron chi connectivity index (χ4n) is 1.79. The number of sulfonamides is 1. The standard InChI is InChI=1S/C14H13BrN2O3S/c1-17(14(18)10-3-2-4-11(15)9-10)12-5-7-13(8-6-12)21(16,19)20/h2-9H,1H3,(H2,16,19,20). The van der Waals surface area contributed by atoms with E-state index in [2.05, 4.69) is 15.9 Å². The molecule has 0 fully saturated rings. The smallest absolute Gasteiger partial charge is 0.258 e. The molecule has 0 aliphatic carbocycles. The average molecular weight is 369 g/mol. The van der Waals surface area contributed by atoms with Crippen LogP contribution in [0.25, 0.3) is 0 Å². The molecule has 0 aromatic heterocycles. The fraction of sp³-hybridized carbons (Fsp3) is 0.0714. The van der Waals surface area contributed by atoms with Gasteiger partial charge in [-0.25, -0.2) is 13.6 Å². The van der Waals surface area contributed by atoms with Crippen molar-refractivity contribution < 1.29 is 13.2 Å². The molecule has 0 saturated heterocycles. The summed E-state index contributed by atoms with van der Waals surface area (Å²) in [5.74, 6) is -0.195. The minimum absolute atomic E-state index is 0.00885. The lowest BCUT2D eigenvalue weighted by Gasteiger charge is -2.17. The molecule has 2 N–H and O–H groups in total. The van der Waals surface area contributed by atoms with Gasteiger partial charge in [-0.15, -0.1) is 0 Å². The van der Waals surface area contributed by atoms with Crippen molar-refractivity contribution in [3.8, 4) is 0 Å². The normalized spacial score (nSPS) is 11.2. The van der Waals surface area contributed by atoms with E-state index in [1.54, 1.807) is 25.2 Å². The third-order valence-electron chi connectivity index (χ3n) is 2.93. The van der Waals surface area contributed by atoms with Gasteiger partial charge in [-0.2, -0.15) is 0 Å². The lowest BCUT2D eigenvalue weighted by atomic mass is 10.2. The average Bonchev–Trinajstić information content (AvgIpc) is 2.45. The number of nitrogens with two attached hydrogens (primary N) is 1. The molecular weight excluding hydrogens is 356 g/mol. The molecule has 0 aliphatic heterocycles.